The molecule has 11 heteroatoms. The number of unbranched alkanes of at least 4 members (excludes halogenated alkanes) is 10. The molecule has 0 aromatic carbocycles. The predicted molar refractivity (Wildman–Crippen MR) is 173 cm³/mol. The summed E-state index contributed by atoms with van der Waals surface area (Å²) in [5, 5.41) is 74.7. The lowest BCUT2D eigenvalue weighted by atomic mass is 9.98. The van der Waals surface area contributed by atoms with Gasteiger partial charge in [0.05, 0.1) is 25.4 Å². The van der Waals surface area contributed by atoms with E-state index >= 15 is 0 Å². The summed E-state index contributed by atoms with van der Waals surface area (Å²) in [6, 6.07) is -1.18. The molecule has 9 atom stereocenters. The fraction of sp³-hybridized carbons (Fsp3) is 0.853. The Bertz CT molecular complexity index is 795. The zero-order valence-electron chi connectivity index (χ0n) is 27.6. The Kier molecular flexibility index (Phi) is 23.7. The molecule has 8 N–H and O–H groups in total. The molecule has 1 saturated heterocycles. The van der Waals surface area contributed by atoms with Crippen LogP contribution in [0, 0.1) is 0 Å². The molecule has 45 heavy (non-hydrogen) atoms. The van der Waals surface area contributed by atoms with Gasteiger partial charge in [0.1, 0.15) is 36.6 Å². The summed E-state index contributed by atoms with van der Waals surface area (Å²) in [7, 11) is 0. The SMILES string of the molecule is CC/C=C/CC/C=C/CCCC(O)C(O)C(COC1OC(CO)C(O)C(O)C1O)NC(=O)C(O)CCCCCCCCCCC. The maximum absolute atomic E-state index is 12.9. The molecule has 0 saturated carbocycles. The Morgan fingerprint density at radius 3 is 2.00 bits per heavy atom. The standard InChI is InChI=1S/C34H63NO10/c1-3-5-7-9-11-13-15-17-19-21-26(37)29(39)25(24-44-34-32(42)31(41)30(40)28(23-36)45-34)35-33(43)27(38)22-20-18-16-14-12-10-8-6-4-2/h5,7,13,15,25-32,34,36-42H,3-4,6,8-12,14,16-24H2,1-2H3,(H,35,43)/b7-5+,15-13+. The predicted octanol–water partition coefficient (Wildman–Crippen LogP) is 2.76. The van der Waals surface area contributed by atoms with Crippen LogP contribution >= 0.6 is 0 Å². The summed E-state index contributed by atoms with van der Waals surface area (Å²) >= 11 is 0. The van der Waals surface area contributed by atoms with Crippen LogP contribution in [-0.4, -0.2) is 110 Å². The lowest BCUT2D eigenvalue weighted by Crippen LogP contribution is -2.60. The molecule has 1 rings (SSSR count). The molecule has 0 spiro atoms. The van der Waals surface area contributed by atoms with E-state index in [4.69, 9.17) is 9.47 Å². The highest BCUT2D eigenvalue weighted by molar-refractivity contribution is 5.80. The molecule has 1 aliphatic heterocycles. The van der Waals surface area contributed by atoms with Crippen LogP contribution in [0.1, 0.15) is 117 Å². The van der Waals surface area contributed by atoms with E-state index in [1.54, 1.807) is 0 Å². The summed E-state index contributed by atoms with van der Waals surface area (Å²) in [5.74, 6) is -0.719. The number of allylic oxidation sites excluding steroid dienone is 4. The lowest BCUT2D eigenvalue weighted by molar-refractivity contribution is -0.303. The molecule has 0 aromatic heterocycles. The second kappa shape index (κ2) is 25.7. The highest BCUT2D eigenvalue weighted by atomic mass is 16.7. The van der Waals surface area contributed by atoms with E-state index in [2.05, 4.69) is 37.4 Å². The smallest absolute Gasteiger partial charge is 0.249 e. The van der Waals surface area contributed by atoms with Crippen LogP contribution in [0.4, 0.5) is 0 Å². The Labute approximate surface area is 270 Å². The number of amides is 1. The van der Waals surface area contributed by atoms with E-state index in [0.29, 0.717) is 19.3 Å². The number of aliphatic hydroxyl groups excluding tert-OH is 7. The van der Waals surface area contributed by atoms with Crippen LogP contribution in [0.3, 0.4) is 0 Å². The molecule has 1 heterocycles. The van der Waals surface area contributed by atoms with Gasteiger partial charge in [0.2, 0.25) is 5.91 Å². The van der Waals surface area contributed by atoms with Crippen molar-refractivity contribution in [2.75, 3.05) is 13.2 Å². The molecule has 0 bridgehead atoms. The minimum absolute atomic E-state index is 0.245. The van der Waals surface area contributed by atoms with E-state index in [-0.39, 0.29) is 12.8 Å². The molecule has 0 aliphatic carbocycles. The van der Waals surface area contributed by atoms with E-state index in [1.165, 1.54) is 32.1 Å². The van der Waals surface area contributed by atoms with Gasteiger partial charge in [0.15, 0.2) is 6.29 Å². The van der Waals surface area contributed by atoms with E-state index in [1.807, 2.05) is 6.08 Å². The van der Waals surface area contributed by atoms with Gasteiger partial charge in [-0.1, -0.05) is 95.9 Å². The van der Waals surface area contributed by atoms with Crippen molar-refractivity contribution >= 4 is 5.91 Å². The van der Waals surface area contributed by atoms with Crippen LogP contribution in [0.25, 0.3) is 0 Å². The molecule has 0 radical (unpaired) electrons. The van der Waals surface area contributed by atoms with Crippen molar-refractivity contribution in [3.05, 3.63) is 24.3 Å². The maximum Gasteiger partial charge on any atom is 0.249 e. The quantitative estimate of drug-likeness (QED) is 0.0513. The molecule has 1 fully saturated rings. The average Bonchev–Trinajstić information content (AvgIpc) is 3.04. The van der Waals surface area contributed by atoms with E-state index < -0.39 is 74.2 Å². The van der Waals surface area contributed by atoms with Crippen molar-refractivity contribution in [1.82, 2.24) is 5.32 Å². The van der Waals surface area contributed by atoms with Crippen molar-refractivity contribution in [1.29, 1.82) is 0 Å². The Balaban J connectivity index is 2.68. The Morgan fingerprint density at radius 2 is 1.38 bits per heavy atom. The number of ether oxygens (including phenoxy) is 2. The number of rotatable bonds is 26. The van der Waals surface area contributed by atoms with Gasteiger partial charge in [0, 0.05) is 0 Å². The fourth-order valence-corrected chi connectivity index (χ4v) is 5.28. The average molecular weight is 646 g/mol. The Hall–Kier alpha value is -1.41. The van der Waals surface area contributed by atoms with Crippen LogP contribution in [0.5, 0.6) is 0 Å². The second-order valence-electron chi connectivity index (χ2n) is 12.2. The topological polar surface area (TPSA) is 189 Å². The third-order valence-corrected chi connectivity index (χ3v) is 8.25. The molecule has 264 valence electrons. The van der Waals surface area contributed by atoms with Crippen molar-refractivity contribution in [2.45, 2.75) is 172 Å². The largest absolute Gasteiger partial charge is 0.394 e. The molecule has 9 unspecified atom stereocenters. The number of carbonyl (C=O) groups excluding carboxylic acids is 1. The maximum atomic E-state index is 12.9. The van der Waals surface area contributed by atoms with Crippen LogP contribution in [-0.2, 0) is 14.3 Å². The zero-order chi connectivity index (χ0) is 33.5. The minimum Gasteiger partial charge on any atom is -0.394 e. The minimum atomic E-state index is -1.66. The van der Waals surface area contributed by atoms with Crippen LogP contribution < -0.4 is 5.32 Å². The number of hydrogen-bond donors (Lipinski definition) is 8. The first-order valence-electron chi connectivity index (χ1n) is 17.2. The fourth-order valence-electron chi connectivity index (χ4n) is 5.28. The first-order valence-corrected chi connectivity index (χ1v) is 17.2. The van der Waals surface area contributed by atoms with Gasteiger partial charge in [-0.2, -0.15) is 0 Å². The monoisotopic (exact) mass is 645 g/mol. The highest BCUT2D eigenvalue weighted by Gasteiger charge is 2.44. The van der Waals surface area contributed by atoms with Gasteiger partial charge in [-0.05, 0) is 44.9 Å². The van der Waals surface area contributed by atoms with Crippen LogP contribution in [0.2, 0.25) is 0 Å². The third kappa shape index (κ3) is 17.4. The Morgan fingerprint density at radius 1 is 0.778 bits per heavy atom. The van der Waals surface area contributed by atoms with Gasteiger partial charge < -0.3 is 50.5 Å². The third-order valence-electron chi connectivity index (χ3n) is 8.25. The number of hydrogen-bond acceptors (Lipinski definition) is 10. The summed E-state index contributed by atoms with van der Waals surface area (Å²) in [5.41, 5.74) is 0. The first-order chi connectivity index (χ1) is 21.7. The van der Waals surface area contributed by atoms with Gasteiger partial charge >= 0.3 is 0 Å². The summed E-state index contributed by atoms with van der Waals surface area (Å²) in [4.78, 5) is 12.9. The van der Waals surface area contributed by atoms with Crippen LogP contribution in [0.15, 0.2) is 24.3 Å². The molecule has 0 aromatic rings. The van der Waals surface area contributed by atoms with E-state index in [0.717, 1.165) is 38.5 Å². The van der Waals surface area contributed by atoms with Crippen molar-refractivity contribution in [3.8, 4) is 0 Å². The molecule has 11 nitrogen and oxygen atoms in total. The van der Waals surface area contributed by atoms with Gasteiger partial charge in [-0.15, -0.1) is 0 Å². The summed E-state index contributed by atoms with van der Waals surface area (Å²) in [6.45, 7) is 3.20. The number of aliphatic hydroxyl groups is 7. The summed E-state index contributed by atoms with van der Waals surface area (Å²) in [6.07, 6.45) is 11.4. The van der Waals surface area contributed by atoms with Gasteiger partial charge in [-0.3, -0.25) is 4.79 Å². The normalized spacial score (nSPS) is 25.0. The van der Waals surface area contributed by atoms with Gasteiger partial charge in [0.25, 0.3) is 0 Å². The summed E-state index contributed by atoms with van der Waals surface area (Å²) < 4.78 is 10.9. The lowest BCUT2D eigenvalue weighted by Gasteiger charge is -2.40. The molecule has 1 amide bonds. The van der Waals surface area contributed by atoms with Crippen molar-refractivity contribution < 1.29 is 50.0 Å². The highest BCUT2D eigenvalue weighted by Crippen LogP contribution is 2.23. The first kappa shape index (κ1) is 41.6. The number of carbonyl (C=O) groups is 1. The molecular weight excluding hydrogens is 582 g/mol. The number of nitrogens with one attached hydrogen (secondary N) is 1. The molecular formula is C34H63NO10. The van der Waals surface area contributed by atoms with Crippen molar-refractivity contribution in [3.63, 3.8) is 0 Å². The van der Waals surface area contributed by atoms with Crippen molar-refractivity contribution in [2.24, 2.45) is 0 Å². The van der Waals surface area contributed by atoms with E-state index in [9.17, 15) is 40.5 Å². The van der Waals surface area contributed by atoms with Gasteiger partial charge in [-0.25, -0.2) is 0 Å². The molecule has 1 aliphatic rings. The second-order valence-corrected chi connectivity index (χ2v) is 12.2. The zero-order valence-corrected chi connectivity index (χ0v) is 27.6.